The molecular weight excluding hydrogens is 503 g/mol. The Labute approximate surface area is 162 Å². The molecular formula is C13H3BrCl2F8N2O. The maximum Gasteiger partial charge on any atom is 0.458 e. The van der Waals surface area contributed by atoms with Crippen LogP contribution in [-0.4, -0.2) is 15.7 Å². The molecule has 0 aliphatic rings. The van der Waals surface area contributed by atoms with E-state index in [1.54, 1.807) is 0 Å². The summed E-state index contributed by atoms with van der Waals surface area (Å²) in [6, 6.07) is 0.405. The summed E-state index contributed by atoms with van der Waals surface area (Å²) < 4.78 is 102. The Kier molecular flexibility index (Phi) is 5.59. The first-order valence-electron chi connectivity index (χ1n) is 6.37. The van der Waals surface area contributed by atoms with Gasteiger partial charge < -0.3 is 0 Å². The molecule has 0 atom stereocenters. The molecule has 0 radical (unpaired) electrons. The maximum atomic E-state index is 13.4. The zero-order valence-electron chi connectivity index (χ0n) is 12.2. The van der Waals surface area contributed by atoms with Crippen molar-refractivity contribution in [2.75, 3.05) is 0 Å². The average molecular weight is 506 g/mol. The molecule has 27 heavy (non-hydrogen) atoms. The van der Waals surface area contributed by atoms with Crippen molar-refractivity contribution in [3.8, 4) is 5.69 Å². The van der Waals surface area contributed by atoms with E-state index in [2.05, 4.69) is 20.9 Å². The second-order valence-electron chi connectivity index (χ2n) is 4.94. The van der Waals surface area contributed by atoms with Gasteiger partial charge in [0, 0.05) is 5.56 Å². The van der Waals surface area contributed by atoms with Crippen LogP contribution in [0.1, 0.15) is 11.3 Å². The third-order valence-electron chi connectivity index (χ3n) is 3.16. The fourth-order valence-electron chi connectivity index (χ4n) is 1.93. The van der Waals surface area contributed by atoms with Crippen LogP contribution in [-0.2, 0) is 12.1 Å². The van der Waals surface area contributed by atoms with E-state index >= 15 is 0 Å². The number of benzene rings is 1. The minimum Gasteiger partial charge on any atom is -0.268 e. The highest BCUT2D eigenvalue weighted by atomic mass is 79.9. The van der Waals surface area contributed by atoms with Gasteiger partial charge in [-0.25, -0.2) is 4.98 Å². The number of hydrogen-bond acceptors (Lipinski definition) is 2. The number of hydrogen-bond donors (Lipinski definition) is 0. The second kappa shape index (κ2) is 6.89. The van der Waals surface area contributed by atoms with E-state index in [1.807, 2.05) is 0 Å². The summed E-state index contributed by atoms with van der Waals surface area (Å²) in [6.07, 6.45) is -10.6. The van der Waals surface area contributed by atoms with Gasteiger partial charge in [0.1, 0.15) is 10.8 Å². The van der Waals surface area contributed by atoms with Gasteiger partial charge in [0.15, 0.2) is 5.69 Å². The van der Waals surface area contributed by atoms with Gasteiger partial charge in [-0.05, 0) is 28.1 Å². The van der Waals surface area contributed by atoms with Crippen LogP contribution >= 0.6 is 39.1 Å². The third-order valence-corrected chi connectivity index (χ3v) is 4.45. The molecule has 3 nitrogen and oxygen atoms in total. The molecule has 0 aliphatic heterocycles. The Bertz CT molecular complexity index is 932. The van der Waals surface area contributed by atoms with Gasteiger partial charge in [-0.3, -0.25) is 9.36 Å². The lowest BCUT2D eigenvalue weighted by molar-refractivity contribution is -0.289. The van der Waals surface area contributed by atoms with E-state index in [4.69, 9.17) is 23.2 Å². The van der Waals surface area contributed by atoms with Gasteiger partial charge >= 0.3 is 18.3 Å². The third kappa shape index (κ3) is 3.92. The Morgan fingerprint density at radius 1 is 0.963 bits per heavy atom. The Morgan fingerprint density at radius 2 is 1.44 bits per heavy atom. The molecule has 14 heteroatoms. The molecule has 1 aromatic carbocycles. The molecule has 0 fully saturated rings. The number of halogens is 11. The van der Waals surface area contributed by atoms with Gasteiger partial charge in [-0.2, -0.15) is 35.1 Å². The zero-order valence-corrected chi connectivity index (χ0v) is 15.3. The SMILES string of the molecule is O=c1c(Br)c(C(F)(F)F)ncn1-c1c(Cl)cc(C(F)(F)C(F)(F)F)cc1Cl. The highest BCUT2D eigenvalue weighted by Crippen LogP contribution is 2.46. The molecule has 1 aromatic heterocycles. The molecule has 2 rings (SSSR count). The van der Waals surface area contributed by atoms with Crippen molar-refractivity contribution < 1.29 is 35.1 Å². The zero-order chi connectivity index (χ0) is 20.9. The monoisotopic (exact) mass is 504 g/mol. The van der Waals surface area contributed by atoms with E-state index in [1.165, 1.54) is 0 Å². The lowest BCUT2D eigenvalue weighted by Gasteiger charge is -2.21. The quantitative estimate of drug-likeness (QED) is 0.471. The predicted octanol–water partition coefficient (Wildman–Crippen LogP) is 5.97. The summed E-state index contributed by atoms with van der Waals surface area (Å²) >= 11 is 13.8. The average Bonchev–Trinajstić information content (AvgIpc) is 2.48. The molecule has 0 saturated heterocycles. The highest BCUT2D eigenvalue weighted by Gasteiger charge is 2.59. The van der Waals surface area contributed by atoms with Crippen LogP contribution in [0.15, 0.2) is 27.7 Å². The predicted molar refractivity (Wildman–Crippen MR) is 82.5 cm³/mol. The molecule has 0 aliphatic carbocycles. The number of nitrogens with zero attached hydrogens (tertiary/aromatic N) is 2. The second-order valence-corrected chi connectivity index (χ2v) is 6.55. The van der Waals surface area contributed by atoms with Crippen molar-refractivity contribution in [2.24, 2.45) is 0 Å². The summed E-state index contributed by atoms with van der Waals surface area (Å²) in [6.45, 7) is 0. The van der Waals surface area contributed by atoms with Crippen molar-refractivity contribution >= 4 is 39.1 Å². The van der Waals surface area contributed by atoms with Gasteiger partial charge in [-0.15, -0.1) is 0 Å². The molecule has 0 unspecified atom stereocenters. The van der Waals surface area contributed by atoms with Crippen LogP contribution in [0.3, 0.4) is 0 Å². The standard InChI is InChI=1S/C13H3BrCl2F8N2O/c14-7-9(12(19,20)21)25-3-26(10(7)27)8-5(15)1-4(2-6(8)16)11(17,18)13(22,23)24/h1-3H. The van der Waals surface area contributed by atoms with Gasteiger partial charge in [0.25, 0.3) is 5.56 Å². The Hall–Kier alpha value is -1.40. The molecule has 0 saturated carbocycles. The highest BCUT2D eigenvalue weighted by molar-refractivity contribution is 9.10. The number of rotatable bonds is 2. The minimum atomic E-state index is -5.95. The van der Waals surface area contributed by atoms with Crippen LogP contribution in [0.25, 0.3) is 5.69 Å². The fraction of sp³-hybridized carbons (Fsp3) is 0.231. The van der Waals surface area contributed by atoms with Crippen molar-refractivity contribution in [2.45, 2.75) is 18.3 Å². The Morgan fingerprint density at radius 3 is 1.85 bits per heavy atom. The van der Waals surface area contributed by atoms with Crippen molar-refractivity contribution in [3.63, 3.8) is 0 Å². The largest absolute Gasteiger partial charge is 0.458 e. The maximum absolute atomic E-state index is 13.4. The van der Waals surface area contributed by atoms with Crippen LogP contribution in [0.2, 0.25) is 10.0 Å². The molecule has 0 spiro atoms. The smallest absolute Gasteiger partial charge is 0.268 e. The molecule has 0 N–H and O–H groups in total. The molecule has 2 aromatic rings. The van der Waals surface area contributed by atoms with Crippen LogP contribution in [0.5, 0.6) is 0 Å². The van der Waals surface area contributed by atoms with E-state index in [0.717, 1.165) is 0 Å². The lowest BCUT2D eigenvalue weighted by atomic mass is 10.1. The summed E-state index contributed by atoms with van der Waals surface area (Å²) in [4.78, 5) is 15.1. The minimum absolute atomic E-state index is 0.203. The number of alkyl halides is 8. The molecule has 1 heterocycles. The first-order chi connectivity index (χ1) is 12.1. The lowest BCUT2D eigenvalue weighted by Crippen LogP contribution is -2.33. The van der Waals surface area contributed by atoms with Crippen LogP contribution < -0.4 is 5.56 Å². The molecule has 0 bridgehead atoms. The number of aromatic nitrogens is 2. The van der Waals surface area contributed by atoms with E-state index < -0.39 is 55.3 Å². The van der Waals surface area contributed by atoms with E-state index in [-0.39, 0.29) is 12.1 Å². The van der Waals surface area contributed by atoms with Crippen LogP contribution in [0.4, 0.5) is 35.1 Å². The molecule has 0 amide bonds. The van der Waals surface area contributed by atoms with Crippen LogP contribution in [0, 0.1) is 0 Å². The van der Waals surface area contributed by atoms with E-state index in [9.17, 15) is 39.9 Å². The van der Waals surface area contributed by atoms with Gasteiger partial charge in [-0.1, -0.05) is 23.2 Å². The normalized spacial score (nSPS) is 13.1. The summed E-state index contributed by atoms with van der Waals surface area (Å²) in [5.41, 5.74) is -5.17. The fourth-order valence-corrected chi connectivity index (χ4v) is 3.12. The van der Waals surface area contributed by atoms with Gasteiger partial charge in [0.05, 0.1) is 15.7 Å². The first kappa shape index (κ1) is 21.9. The van der Waals surface area contributed by atoms with Gasteiger partial charge in [0.2, 0.25) is 0 Å². The first-order valence-corrected chi connectivity index (χ1v) is 7.92. The van der Waals surface area contributed by atoms with Crippen molar-refractivity contribution in [3.05, 3.63) is 54.6 Å². The van der Waals surface area contributed by atoms with Crippen molar-refractivity contribution in [1.29, 1.82) is 0 Å². The summed E-state index contributed by atoms with van der Waals surface area (Å²) in [7, 11) is 0. The van der Waals surface area contributed by atoms with Crippen molar-refractivity contribution in [1.82, 2.24) is 9.55 Å². The summed E-state index contributed by atoms with van der Waals surface area (Å²) in [5.74, 6) is -5.30. The Balaban J connectivity index is 2.70. The summed E-state index contributed by atoms with van der Waals surface area (Å²) in [5, 5.41) is -1.67. The van der Waals surface area contributed by atoms with E-state index in [0.29, 0.717) is 10.9 Å². The molecule has 148 valence electrons. The topological polar surface area (TPSA) is 34.9 Å².